The highest BCUT2D eigenvalue weighted by Crippen LogP contribution is 2.36. The smallest absolute Gasteiger partial charge is 0.478 e. The Morgan fingerprint density at radius 2 is 1.82 bits per heavy atom. The first-order valence-corrected chi connectivity index (χ1v) is 10.3. The summed E-state index contributed by atoms with van der Waals surface area (Å²) in [7, 11) is 0. The lowest BCUT2D eigenvalue weighted by Gasteiger charge is -2.14. The van der Waals surface area contributed by atoms with Crippen LogP contribution >= 0.6 is 0 Å². The van der Waals surface area contributed by atoms with Crippen LogP contribution in [0.5, 0.6) is 5.88 Å². The van der Waals surface area contributed by atoms with Gasteiger partial charge in [-0.25, -0.2) is 24.4 Å². The third kappa shape index (κ3) is 5.69. The van der Waals surface area contributed by atoms with Gasteiger partial charge >= 0.3 is 30.0 Å². The molecule has 0 bridgehead atoms. The number of alkyl halides is 3. The molecule has 0 spiro atoms. The molecular formula is C22H14F3N5O8. The van der Waals surface area contributed by atoms with E-state index in [1.165, 1.54) is 24.3 Å². The zero-order valence-corrected chi connectivity index (χ0v) is 18.6. The number of nitrogens with zero attached hydrogens (tertiary/aromatic N) is 3. The fraction of sp³-hybridized carbons (Fsp3) is 0.0909. The Kier molecular flexibility index (Phi) is 6.70. The van der Waals surface area contributed by atoms with Crippen LogP contribution in [-0.4, -0.2) is 48.0 Å². The summed E-state index contributed by atoms with van der Waals surface area (Å²) in [4.78, 5) is 55.3. The molecule has 0 unspecified atom stereocenters. The first-order chi connectivity index (χ1) is 17.9. The number of aromatic amines is 1. The normalized spacial score (nSPS) is 11.2. The second kappa shape index (κ2) is 9.92. The Labute approximate surface area is 208 Å². The monoisotopic (exact) mass is 533 g/mol. The molecule has 0 aliphatic carbocycles. The maximum atomic E-state index is 13.8. The quantitative estimate of drug-likeness (QED) is 0.267. The van der Waals surface area contributed by atoms with Crippen LogP contribution in [0.15, 0.2) is 53.7 Å². The van der Waals surface area contributed by atoms with E-state index in [9.17, 15) is 32.3 Å². The van der Waals surface area contributed by atoms with Gasteiger partial charge in [-0.15, -0.1) is 0 Å². The van der Waals surface area contributed by atoms with Crippen LogP contribution in [0.3, 0.4) is 0 Å². The van der Waals surface area contributed by atoms with Crippen molar-refractivity contribution in [3.63, 3.8) is 0 Å². The molecule has 0 saturated carbocycles. The lowest BCUT2D eigenvalue weighted by molar-refractivity contribution is -0.137. The van der Waals surface area contributed by atoms with Crippen molar-refractivity contribution < 1.29 is 47.2 Å². The Hall–Kier alpha value is -5.41. The van der Waals surface area contributed by atoms with Crippen LogP contribution in [0.4, 0.5) is 28.4 Å². The zero-order chi connectivity index (χ0) is 27.6. The number of aromatic carboxylic acids is 1. The highest BCUT2D eigenvalue weighted by Gasteiger charge is 2.35. The van der Waals surface area contributed by atoms with Crippen molar-refractivity contribution in [2.75, 3.05) is 5.32 Å². The van der Waals surface area contributed by atoms with Gasteiger partial charge in [0.05, 0.1) is 39.9 Å². The molecule has 0 fully saturated rings. The molecule has 0 radical (unpaired) electrons. The van der Waals surface area contributed by atoms with Crippen molar-refractivity contribution in [1.82, 2.24) is 19.5 Å². The van der Waals surface area contributed by atoms with Gasteiger partial charge in [-0.1, -0.05) is 0 Å². The van der Waals surface area contributed by atoms with Gasteiger partial charge in [0.1, 0.15) is 6.61 Å². The van der Waals surface area contributed by atoms with Crippen LogP contribution in [0, 0.1) is 0 Å². The van der Waals surface area contributed by atoms with Gasteiger partial charge in [0.15, 0.2) is 0 Å². The number of carbonyl (C=O) groups excluding carboxylic acids is 1. The van der Waals surface area contributed by atoms with Crippen molar-refractivity contribution in [2.45, 2.75) is 12.8 Å². The average Bonchev–Trinajstić information content (AvgIpc) is 3.31. The number of carboxylic acids is 1. The van der Waals surface area contributed by atoms with E-state index in [0.717, 1.165) is 23.2 Å². The summed E-state index contributed by atoms with van der Waals surface area (Å²) in [5, 5.41) is 20.0. The van der Waals surface area contributed by atoms with E-state index in [2.05, 4.69) is 25.0 Å². The number of anilines is 1. The van der Waals surface area contributed by atoms with Gasteiger partial charge in [-0.3, -0.25) is 10.1 Å². The lowest BCUT2D eigenvalue weighted by Crippen LogP contribution is -2.18. The number of ether oxygens (including phenoxy) is 2. The van der Waals surface area contributed by atoms with Crippen molar-refractivity contribution in [3.8, 4) is 11.6 Å². The highest BCUT2D eigenvalue weighted by atomic mass is 19.4. The Balaban J connectivity index is 1.56. The van der Waals surface area contributed by atoms with Gasteiger partial charge in [-0.2, -0.15) is 13.2 Å². The predicted octanol–water partition coefficient (Wildman–Crippen LogP) is 3.63. The van der Waals surface area contributed by atoms with E-state index in [-0.39, 0.29) is 28.0 Å². The summed E-state index contributed by atoms with van der Waals surface area (Å²) in [6.45, 7) is -0.427. The van der Waals surface area contributed by atoms with E-state index in [1.54, 1.807) is 0 Å². The molecule has 0 aliphatic heterocycles. The van der Waals surface area contributed by atoms with E-state index in [0.29, 0.717) is 6.07 Å². The molecule has 4 rings (SSSR count). The largest absolute Gasteiger partial charge is 0.512 e. The number of imidazole rings is 1. The van der Waals surface area contributed by atoms with Crippen LogP contribution in [0.1, 0.15) is 21.6 Å². The van der Waals surface area contributed by atoms with Gasteiger partial charge < -0.3 is 29.2 Å². The van der Waals surface area contributed by atoms with Crippen LogP contribution in [-0.2, 0) is 17.5 Å². The number of benzene rings is 2. The number of carboxylic acid groups (broad SMARTS) is 2. The number of rotatable bonds is 6. The molecule has 196 valence electrons. The molecule has 0 saturated heterocycles. The molecule has 16 heteroatoms. The molecular weight excluding hydrogens is 519 g/mol. The number of amides is 1. The maximum absolute atomic E-state index is 13.8. The molecule has 1 amide bonds. The predicted molar refractivity (Wildman–Crippen MR) is 120 cm³/mol. The molecule has 13 nitrogen and oxygen atoms in total. The van der Waals surface area contributed by atoms with Gasteiger partial charge in [0.25, 0.3) is 5.88 Å². The Morgan fingerprint density at radius 1 is 1.11 bits per heavy atom. The second-order valence-corrected chi connectivity index (χ2v) is 7.48. The number of carbonyl (C=O) groups is 3. The molecule has 38 heavy (non-hydrogen) atoms. The standard InChI is InChI=1S/C22H14F3N5O8/c23-22(24,25)13-5-14-15(29-18(17(31)28-14)38-21(35)36)6-16(13)30-7-12(26-9-30)8-37-20(34)27-11-3-1-10(2-4-11)19(32)33/h1-7,9H,8H2,(H,27,34)(H,28,31)(H,32,33)(H,35,36). The van der Waals surface area contributed by atoms with E-state index in [4.69, 9.17) is 14.9 Å². The molecule has 2 heterocycles. The van der Waals surface area contributed by atoms with Crippen molar-refractivity contribution in [1.29, 1.82) is 0 Å². The minimum atomic E-state index is -4.87. The summed E-state index contributed by atoms with van der Waals surface area (Å²) in [5.74, 6) is -2.02. The number of halogens is 3. The zero-order valence-electron chi connectivity index (χ0n) is 18.6. The van der Waals surface area contributed by atoms with Gasteiger partial charge in [0, 0.05) is 11.9 Å². The first kappa shape index (κ1) is 25.7. The van der Waals surface area contributed by atoms with E-state index < -0.39 is 53.7 Å². The summed E-state index contributed by atoms with van der Waals surface area (Å²) >= 11 is 0. The molecule has 2 aromatic carbocycles. The van der Waals surface area contributed by atoms with Crippen molar-refractivity contribution >= 4 is 34.9 Å². The van der Waals surface area contributed by atoms with Crippen molar-refractivity contribution in [3.05, 3.63) is 76.1 Å². The summed E-state index contributed by atoms with van der Waals surface area (Å²) in [6.07, 6.45) is -5.45. The number of H-pyrrole nitrogens is 1. The van der Waals surface area contributed by atoms with E-state index >= 15 is 0 Å². The maximum Gasteiger partial charge on any atom is 0.512 e. The second-order valence-electron chi connectivity index (χ2n) is 7.48. The molecule has 0 aliphatic rings. The number of aromatic nitrogens is 4. The Bertz CT molecular complexity index is 1610. The molecule has 2 aromatic heterocycles. The van der Waals surface area contributed by atoms with Crippen LogP contribution in [0.2, 0.25) is 0 Å². The molecule has 0 atom stereocenters. The third-order valence-corrected chi connectivity index (χ3v) is 4.91. The SMILES string of the molecule is O=C(O)Oc1nc2cc(-n3cnc(COC(=O)Nc4ccc(C(=O)O)cc4)c3)c(C(F)(F)F)cc2[nH]c1=O. The summed E-state index contributed by atoms with van der Waals surface area (Å²) in [6, 6.07) is 6.79. The number of hydrogen-bond donors (Lipinski definition) is 4. The van der Waals surface area contributed by atoms with Crippen molar-refractivity contribution in [2.24, 2.45) is 0 Å². The molecule has 4 aromatic rings. The number of nitrogens with one attached hydrogen (secondary N) is 2. The van der Waals surface area contributed by atoms with Crippen LogP contribution < -0.4 is 15.6 Å². The number of fused-ring (bicyclic) bond motifs is 1. The van der Waals surface area contributed by atoms with Gasteiger partial charge in [-0.05, 0) is 36.4 Å². The number of hydrogen-bond acceptors (Lipinski definition) is 8. The fourth-order valence-corrected chi connectivity index (χ4v) is 3.26. The van der Waals surface area contributed by atoms with E-state index in [1.807, 2.05) is 0 Å². The minimum absolute atomic E-state index is 0.00793. The van der Waals surface area contributed by atoms with Crippen LogP contribution in [0.25, 0.3) is 16.7 Å². The highest BCUT2D eigenvalue weighted by molar-refractivity contribution is 5.89. The first-order valence-electron chi connectivity index (χ1n) is 10.3. The summed E-state index contributed by atoms with van der Waals surface area (Å²) < 4.78 is 51.6. The van der Waals surface area contributed by atoms with Gasteiger partial charge in [0.2, 0.25) is 0 Å². The topological polar surface area (TPSA) is 186 Å². The Morgan fingerprint density at radius 3 is 2.45 bits per heavy atom. The fourth-order valence-electron chi connectivity index (χ4n) is 3.26. The third-order valence-electron chi connectivity index (χ3n) is 4.91. The summed E-state index contributed by atoms with van der Waals surface area (Å²) in [5.41, 5.74) is -2.97. The minimum Gasteiger partial charge on any atom is -0.478 e. The molecule has 4 N–H and O–H groups in total. The lowest BCUT2D eigenvalue weighted by atomic mass is 10.1. The average molecular weight is 533 g/mol.